The van der Waals surface area contributed by atoms with Gasteiger partial charge in [-0.3, -0.25) is 4.79 Å². The molecule has 0 N–H and O–H groups in total. The first kappa shape index (κ1) is 17.4. The van der Waals surface area contributed by atoms with Crippen LogP contribution in [0.4, 0.5) is 0 Å². The molecule has 0 aliphatic carbocycles. The number of hydrogen-bond donors (Lipinski definition) is 0. The number of sulfonamides is 1. The van der Waals surface area contributed by atoms with E-state index in [1.54, 1.807) is 22.5 Å². The summed E-state index contributed by atoms with van der Waals surface area (Å²) in [5, 5.41) is 0. The highest BCUT2D eigenvalue weighted by Gasteiger charge is 2.27. The third-order valence-electron chi connectivity index (χ3n) is 5.04. The van der Waals surface area contributed by atoms with Crippen molar-refractivity contribution in [3.8, 4) is 0 Å². The van der Waals surface area contributed by atoms with E-state index in [4.69, 9.17) is 0 Å². The van der Waals surface area contributed by atoms with E-state index in [0.717, 1.165) is 57.2 Å². The van der Waals surface area contributed by atoms with E-state index in [2.05, 4.69) is 0 Å². The number of rotatable bonds is 3. The molecule has 24 heavy (non-hydrogen) atoms. The average Bonchev–Trinajstić information content (AvgIpc) is 2.96. The summed E-state index contributed by atoms with van der Waals surface area (Å²) in [6, 6.07) is 4.97. The fourth-order valence-electron chi connectivity index (χ4n) is 3.51. The molecular weight excluding hydrogens is 324 g/mol. The molecule has 0 saturated carbocycles. The molecule has 2 fully saturated rings. The van der Waals surface area contributed by atoms with Gasteiger partial charge in [-0.2, -0.15) is 4.31 Å². The molecule has 3 rings (SSSR count). The minimum absolute atomic E-state index is 0.0436. The van der Waals surface area contributed by atoms with Crippen molar-refractivity contribution in [3.63, 3.8) is 0 Å². The summed E-state index contributed by atoms with van der Waals surface area (Å²) in [6.45, 7) is 4.55. The molecule has 0 bridgehead atoms. The van der Waals surface area contributed by atoms with Crippen LogP contribution >= 0.6 is 0 Å². The van der Waals surface area contributed by atoms with Crippen LogP contribution in [0.1, 0.15) is 54.4 Å². The van der Waals surface area contributed by atoms with Crippen molar-refractivity contribution in [1.29, 1.82) is 0 Å². The predicted octanol–water partition coefficient (Wildman–Crippen LogP) is 2.80. The molecule has 0 unspecified atom stereocenters. The smallest absolute Gasteiger partial charge is 0.254 e. The maximum absolute atomic E-state index is 12.9. The van der Waals surface area contributed by atoms with Crippen molar-refractivity contribution in [2.45, 2.75) is 50.3 Å². The highest BCUT2D eigenvalue weighted by atomic mass is 32.2. The highest BCUT2D eigenvalue weighted by molar-refractivity contribution is 7.89. The summed E-state index contributed by atoms with van der Waals surface area (Å²) in [4.78, 5) is 14.8. The van der Waals surface area contributed by atoms with Crippen LogP contribution < -0.4 is 0 Å². The Labute approximate surface area is 144 Å². The molecule has 1 amide bonds. The second-order valence-corrected chi connectivity index (χ2v) is 8.73. The first-order valence-electron chi connectivity index (χ1n) is 8.90. The topological polar surface area (TPSA) is 57.7 Å². The van der Waals surface area contributed by atoms with Crippen LogP contribution in [0, 0.1) is 6.92 Å². The molecule has 1 aromatic rings. The fourth-order valence-corrected chi connectivity index (χ4v) is 5.06. The Kier molecular flexibility index (Phi) is 5.25. The Morgan fingerprint density at radius 1 is 0.917 bits per heavy atom. The van der Waals surface area contributed by atoms with Crippen molar-refractivity contribution in [3.05, 3.63) is 29.3 Å². The number of amides is 1. The molecule has 2 aliphatic rings. The van der Waals surface area contributed by atoms with E-state index in [0.29, 0.717) is 18.7 Å². The van der Waals surface area contributed by atoms with Crippen molar-refractivity contribution >= 4 is 15.9 Å². The molecule has 0 aromatic heterocycles. The zero-order valence-electron chi connectivity index (χ0n) is 14.3. The average molecular weight is 350 g/mol. The number of benzene rings is 1. The van der Waals surface area contributed by atoms with E-state index in [1.165, 1.54) is 0 Å². The van der Waals surface area contributed by atoms with Crippen molar-refractivity contribution in [2.24, 2.45) is 0 Å². The number of carbonyl (C=O) groups excluding carboxylic acids is 1. The molecule has 0 atom stereocenters. The van der Waals surface area contributed by atoms with Gasteiger partial charge in [-0.05, 0) is 50.3 Å². The van der Waals surface area contributed by atoms with Crippen molar-refractivity contribution in [2.75, 3.05) is 26.2 Å². The van der Waals surface area contributed by atoms with E-state index < -0.39 is 10.0 Å². The van der Waals surface area contributed by atoms with Gasteiger partial charge in [0.15, 0.2) is 0 Å². The zero-order chi connectivity index (χ0) is 17.2. The molecule has 1 aromatic carbocycles. The predicted molar refractivity (Wildman–Crippen MR) is 93.5 cm³/mol. The molecule has 0 radical (unpaired) electrons. The van der Waals surface area contributed by atoms with Gasteiger partial charge in [-0.25, -0.2) is 8.42 Å². The zero-order valence-corrected chi connectivity index (χ0v) is 15.1. The van der Waals surface area contributed by atoms with Crippen LogP contribution in [-0.2, 0) is 10.0 Å². The second kappa shape index (κ2) is 7.23. The molecule has 5 nitrogen and oxygen atoms in total. The summed E-state index contributed by atoms with van der Waals surface area (Å²) in [6.07, 6.45) is 6.03. The Bertz CT molecular complexity index is 701. The van der Waals surface area contributed by atoms with Crippen LogP contribution in [0.2, 0.25) is 0 Å². The lowest BCUT2D eigenvalue weighted by Gasteiger charge is -2.21. The van der Waals surface area contributed by atoms with E-state index in [9.17, 15) is 13.2 Å². The third-order valence-corrected chi connectivity index (χ3v) is 6.93. The van der Waals surface area contributed by atoms with Gasteiger partial charge in [-0.1, -0.05) is 18.9 Å². The molecule has 2 heterocycles. The van der Waals surface area contributed by atoms with Gasteiger partial charge in [0, 0.05) is 31.7 Å². The maximum atomic E-state index is 12.9. The number of carbonyl (C=O) groups is 1. The standard InChI is InChI=1S/C18H26N2O3S/c1-15-8-9-16(14-17(15)18(21)19-10-6-7-11-19)24(22,23)20-12-4-2-3-5-13-20/h8-9,14H,2-7,10-13H2,1H3. The monoisotopic (exact) mass is 350 g/mol. The van der Waals surface area contributed by atoms with Crippen LogP contribution in [0.15, 0.2) is 23.1 Å². The fraction of sp³-hybridized carbons (Fsp3) is 0.611. The number of nitrogens with zero attached hydrogens (tertiary/aromatic N) is 2. The Hall–Kier alpha value is -1.40. The second-order valence-electron chi connectivity index (χ2n) is 6.79. The van der Waals surface area contributed by atoms with Crippen LogP contribution in [-0.4, -0.2) is 49.7 Å². The SMILES string of the molecule is Cc1ccc(S(=O)(=O)N2CCCCCC2)cc1C(=O)N1CCCC1. The number of hydrogen-bond acceptors (Lipinski definition) is 3. The van der Waals surface area contributed by atoms with Gasteiger partial charge in [0.05, 0.1) is 4.90 Å². The highest BCUT2D eigenvalue weighted by Crippen LogP contribution is 2.24. The van der Waals surface area contributed by atoms with Gasteiger partial charge in [-0.15, -0.1) is 0 Å². The summed E-state index contributed by atoms with van der Waals surface area (Å²) < 4.78 is 27.5. The Morgan fingerprint density at radius 3 is 2.12 bits per heavy atom. The largest absolute Gasteiger partial charge is 0.339 e. The first-order valence-corrected chi connectivity index (χ1v) is 10.3. The van der Waals surface area contributed by atoms with Gasteiger partial charge in [0.2, 0.25) is 10.0 Å². The first-order chi connectivity index (χ1) is 11.5. The molecular formula is C18H26N2O3S. The van der Waals surface area contributed by atoms with Gasteiger partial charge in [0.1, 0.15) is 0 Å². The Morgan fingerprint density at radius 2 is 1.50 bits per heavy atom. The molecule has 2 saturated heterocycles. The Balaban J connectivity index is 1.90. The van der Waals surface area contributed by atoms with E-state index in [-0.39, 0.29) is 10.8 Å². The van der Waals surface area contributed by atoms with Crippen LogP contribution in [0.5, 0.6) is 0 Å². The van der Waals surface area contributed by atoms with E-state index in [1.807, 2.05) is 11.8 Å². The lowest BCUT2D eigenvalue weighted by molar-refractivity contribution is 0.0792. The van der Waals surface area contributed by atoms with Gasteiger partial charge in [0.25, 0.3) is 5.91 Å². The lowest BCUT2D eigenvalue weighted by Crippen LogP contribution is -2.32. The molecule has 132 valence electrons. The molecule has 6 heteroatoms. The summed E-state index contributed by atoms with van der Waals surface area (Å²) in [5.41, 5.74) is 1.36. The summed E-state index contributed by atoms with van der Waals surface area (Å²) >= 11 is 0. The molecule has 2 aliphatic heterocycles. The molecule has 0 spiro atoms. The van der Waals surface area contributed by atoms with Gasteiger partial charge < -0.3 is 4.90 Å². The van der Waals surface area contributed by atoms with E-state index >= 15 is 0 Å². The van der Waals surface area contributed by atoms with Crippen molar-refractivity contribution in [1.82, 2.24) is 9.21 Å². The normalized spacial score (nSPS) is 20.1. The van der Waals surface area contributed by atoms with Crippen LogP contribution in [0.25, 0.3) is 0 Å². The summed E-state index contributed by atoms with van der Waals surface area (Å²) in [5.74, 6) is -0.0436. The van der Waals surface area contributed by atoms with Crippen LogP contribution in [0.3, 0.4) is 0 Å². The maximum Gasteiger partial charge on any atom is 0.254 e. The lowest BCUT2D eigenvalue weighted by atomic mass is 10.1. The van der Waals surface area contributed by atoms with Crippen molar-refractivity contribution < 1.29 is 13.2 Å². The third kappa shape index (κ3) is 3.49. The number of aryl methyl sites for hydroxylation is 1. The minimum atomic E-state index is -3.52. The quantitative estimate of drug-likeness (QED) is 0.842. The summed E-state index contributed by atoms with van der Waals surface area (Å²) in [7, 11) is -3.52. The minimum Gasteiger partial charge on any atom is -0.339 e. The van der Waals surface area contributed by atoms with Gasteiger partial charge >= 0.3 is 0 Å². The number of likely N-dealkylation sites (tertiary alicyclic amines) is 1.